The summed E-state index contributed by atoms with van der Waals surface area (Å²) >= 11 is 0. The summed E-state index contributed by atoms with van der Waals surface area (Å²) in [6.07, 6.45) is 4.36. The van der Waals surface area contributed by atoms with Gasteiger partial charge in [0.05, 0.1) is 18.3 Å². The number of hydrogen-bond acceptors (Lipinski definition) is 4. The van der Waals surface area contributed by atoms with E-state index in [1.54, 1.807) is 0 Å². The summed E-state index contributed by atoms with van der Waals surface area (Å²) in [5.74, 6) is 0.901. The average Bonchev–Trinajstić information content (AvgIpc) is 2.53. The molecule has 1 aromatic carbocycles. The van der Waals surface area contributed by atoms with Gasteiger partial charge in [-0.25, -0.2) is 0 Å². The standard InChI is InChI=1S/C17H26N2O2/c1-18-11-12-21-17-13-14(5-6-15(17)18)16(20)7-10-19-8-3-2-4-9-19/h5-6,13,16,20H,2-4,7-12H2,1H3. The highest BCUT2D eigenvalue weighted by Crippen LogP contribution is 2.33. The van der Waals surface area contributed by atoms with Gasteiger partial charge in [0, 0.05) is 13.6 Å². The Kier molecular flexibility index (Phi) is 4.66. The minimum absolute atomic E-state index is 0.395. The number of rotatable bonds is 4. The topological polar surface area (TPSA) is 35.9 Å². The highest BCUT2D eigenvalue weighted by atomic mass is 16.5. The number of ether oxygens (including phenoxy) is 1. The Morgan fingerprint density at radius 1 is 1.19 bits per heavy atom. The zero-order valence-corrected chi connectivity index (χ0v) is 12.9. The van der Waals surface area contributed by atoms with Gasteiger partial charge in [0.1, 0.15) is 12.4 Å². The fourth-order valence-corrected chi connectivity index (χ4v) is 3.24. The summed E-state index contributed by atoms with van der Waals surface area (Å²) in [5, 5.41) is 10.4. The average molecular weight is 290 g/mol. The molecule has 0 amide bonds. The zero-order chi connectivity index (χ0) is 14.7. The van der Waals surface area contributed by atoms with Gasteiger partial charge in [-0.2, -0.15) is 0 Å². The molecule has 0 bridgehead atoms. The van der Waals surface area contributed by atoms with E-state index >= 15 is 0 Å². The number of piperidine rings is 1. The lowest BCUT2D eigenvalue weighted by atomic mass is 10.0. The predicted molar refractivity (Wildman–Crippen MR) is 85.1 cm³/mol. The molecule has 3 rings (SSSR count). The van der Waals surface area contributed by atoms with Gasteiger partial charge in [-0.1, -0.05) is 12.5 Å². The van der Waals surface area contributed by atoms with Crippen molar-refractivity contribution < 1.29 is 9.84 Å². The zero-order valence-electron chi connectivity index (χ0n) is 12.9. The van der Waals surface area contributed by atoms with Crippen LogP contribution in [-0.2, 0) is 0 Å². The summed E-state index contributed by atoms with van der Waals surface area (Å²) in [7, 11) is 2.08. The Balaban J connectivity index is 1.60. The van der Waals surface area contributed by atoms with E-state index in [-0.39, 0.29) is 0 Å². The molecule has 1 saturated heterocycles. The van der Waals surface area contributed by atoms with E-state index < -0.39 is 6.10 Å². The van der Waals surface area contributed by atoms with E-state index in [4.69, 9.17) is 4.74 Å². The molecule has 1 N–H and O–H groups in total. The molecule has 2 aliphatic rings. The number of fused-ring (bicyclic) bond motifs is 1. The highest BCUT2D eigenvalue weighted by molar-refractivity contribution is 5.60. The number of benzene rings is 1. The molecule has 4 nitrogen and oxygen atoms in total. The minimum atomic E-state index is -0.395. The number of nitrogens with zero attached hydrogens (tertiary/aromatic N) is 2. The molecule has 4 heteroatoms. The van der Waals surface area contributed by atoms with Crippen LogP contribution in [0.2, 0.25) is 0 Å². The molecule has 0 saturated carbocycles. The molecular weight excluding hydrogens is 264 g/mol. The Hall–Kier alpha value is -1.26. The molecular formula is C17H26N2O2. The van der Waals surface area contributed by atoms with Crippen LogP contribution in [-0.4, -0.2) is 49.8 Å². The molecule has 0 aromatic heterocycles. The van der Waals surface area contributed by atoms with Crippen LogP contribution in [0.4, 0.5) is 5.69 Å². The van der Waals surface area contributed by atoms with Crippen molar-refractivity contribution in [3.63, 3.8) is 0 Å². The molecule has 1 fully saturated rings. The van der Waals surface area contributed by atoms with E-state index in [2.05, 4.69) is 22.9 Å². The minimum Gasteiger partial charge on any atom is -0.490 e. The lowest BCUT2D eigenvalue weighted by Crippen LogP contribution is -2.31. The molecule has 1 unspecified atom stereocenters. The van der Waals surface area contributed by atoms with Crippen molar-refractivity contribution in [3.8, 4) is 5.75 Å². The third kappa shape index (κ3) is 3.50. The van der Waals surface area contributed by atoms with Crippen LogP contribution in [0, 0.1) is 0 Å². The molecule has 0 aliphatic carbocycles. The molecule has 116 valence electrons. The third-order valence-corrected chi connectivity index (χ3v) is 4.63. The number of aliphatic hydroxyl groups excluding tert-OH is 1. The van der Waals surface area contributed by atoms with Gasteiger partial charge in [-0.15, -0.1) is 0 Å². The summed E-state index contributed by atoms with van der Waals surface area (Å²) < 4.78 is 5.72. The summed E-state index contributed by atoms with van der Waals surface area (Å²) in [4.78, 5) is 4.66. The Bertz CT molecular complexity index is 472. The third-order valence-electron chi connectivity index (χ3n) is 4.63. The summed E-state index contributed by atoms with van der Waals surface area (Å²) in [6, 6.07) is 6.10. The van der Waals surface area contributed by atoms with Gasteiger partial charge >= 0.3 is 0 Å². The lowest BCUT2D eigenvalue weighted by molar-refractivity contribution is 0.133. The van der Waals surface area contributed by atoms with Crippen molar-refractivity contribution in [3.05, 3.63) is 23.8 Å². The molecule has 2 heterocycles. The molecule has 0 radical (unpaired) electrons. The number of anilines is 1. The predicted octanol–water partition coefficient (Wildman–Crippen LogP) is 2.42. The fourth-order valence-electron chi connectivity index (χ4n) is 3.24. The van der Waals surface area contributed by atoms with Crippen LogP contribution >= 0.6 is 0 Å². The van der Waals surface area contributed by atoms with Crippen molar-refractivity contribution in [2.24, 2.45) is 0 Å². The van der Waals surface area contributed by atoms with Gasteiger partial charge in [0.2, 0.25) is 0 Å². The maximum absolute atomic E-state index is 10.4. The maximum atomic E-state index is 10.4. The molecule has 1 atom stereocenters. The summed E-state index contributed by atoms with van der Waals surface area (Å²) in [6.45, 7) is 5.00. The van der Waals surface area contributed by atoms with Crippen LogP contribution in [0.15, 0.2) is 18.2 Å². The van der Waals surface area contributed by atoms with Crippen molar-refractivity contribution in [1.82, 2.24) is 4.90 Å². The molecule has 1 aromatic rings. The van der Waals surface area contributed by atoms with Gasteiger partial charge in [0.15, 0.2) is 0 Å². The normalized spacial score (nSPS) is 20.8. The monoisotopic (exact) mass is 290 g/mol. The number of likely N-dealkylation sites (tertiary alicyclic amines) is 1. The molecule has 21 heavy (non-hydrogen) atoms. The van der Waals surface area contributed by atoms with Crippen molar-refractivity contribution >= 4 is 5.69 Å². The van der Waals surface area contributed by atoms with Gasteiger partial charge in [-0.05, 0) is 50.0 Å². The largest absolute Gasteiger partial charge is 0.490 e. The first-order valence-electron chi connectivity index (χ1n) is 8.12. The van der Waals surface area contributed by atoms with Gasteiger partial charge in [-0.3, -0.25) is 0 Å². The van der Waals surface area contributed by atoms with E-state index in [1.165, 1.54) is 32.4 Å². The lowest BCUT2D eigenvalue weighted by Gasteiger charge is -2.29. The molecule has 2 aliphatic heterocycles. The summed E-state index contributed by atoms with van der Waals surface area (Å²) in [5.41, 5.74) is 2.09. The van der Waals surface area contributed by atoms with E-state index in [0.29, 0.717) is 0 Å². The smallest absolute Gasteiger partial charge is 0.143 e. The SMILES string of the molecule is CN1CCOc2cc(C(O)CCN3CCCCC3)ccc21. The fraction of sp³-hybridized carbons (Fsp3) is 0.647. The Labute approximate surface area is 127 Å². The highest BCUT2D eigenvalue weighted by Gasteiger charge is 2.18. The second-order valence-electron chi connectivity index (χ2n) is 6.20. The van der Waals surface area contributed by atoms with E-state index in [1.807, 2.05) is 12.1 Å². The maximum Gasteiger partial charge on any atom is 0.143 e. The number of likely N-dealkylation sites (N-methyl/N-ethyl adjacent to an activating group) is 1. The number of hydrogen-bond donors (Lipinski definition) is 1. The van der Waals surface area contributed by atoms with Crippen LogP contribution in [0.25, 0.3) is 0 Å². The van der Waals surface area contributed by atoms with Gasteiger partial charge in [0.25, 0.3) is 0 Å². The first kappa shape index (κ1) is 14.7. The first-order valence-corrected chi connectivity index (χ1v) is 8.12. The first-order chi connectivity index (χ1) is 10.2. The molecule has 0 spiro atoms. The second-order valence-corrected chi connectivity index (χ2v) is 6.20. The second kappa shape index (κ2) is 6.67. The van der Waals surface area contributed by atoms with E-state index in [0.717, 1.165) is 43.1 Å². The quantitative estimate of drug-likeness (QED) is 0.924. The van der Waals surface area contributed by atoms with Crippen molar-refractivity contribution in [2.45, 2.75) is 31.8 Å². The van der Waals surface area contributed by atoms with Crippen LogP contribution < -0.4 is 9.64 Å². The van der Waals surface area contributed by atoms with Crippen LogP contribution in [0.5, 0.6) is 5.75 Å². The number of aliphatic hydroxyl groups is 1. The van der Waals surface area contributed by atoms with Crippen LogP contribution in [0.1, 0.15) is 37.4 Å². The van der Waals surface area contributed by atoms with Crippen molar-refractivity contribution in [2.75, 3.05) is 44.7 Å². The van der Waals surface area contributed by atoms with E-state index in [9.17, 15) is 5.11 Å². The Morgan fingerprint density at radius 2 is 2.00 bits per heavy atom. The Morgan fingerprint density at radius 3 is 2.81 bits per heavy atom. The van der Waals surface area contributed by atoms with Crippen molar-refractivity contribution in [1.29, 1.82) is 0 Å². The van der Waals surface area contributed by atoms with Gasteiger partial charge < -0.3 is 19.6 Å². The van der Waals surface area contributed by atoms with Crippen LogP contribution in [0.3, 0.4) is 0 Å².